The van der Waals surface area contributed by atoms with Crippen LogP contribution >= 0.6 is 0 Å². The summed E-state index contributed by atoms with van der Waals surface area (Å²) in [5.74, 6) is -0.112. The maximum Gasteiger partial charge on any atom is 0.265 e. The molecule has 0 aliphatic carbocycles. The van der Waals surface area contributed by atoms with E-state index in [2.05, 4.69) is 0 Å². The Balaban J connectivity index is 2.53. The first-order valence-corrected chi connectivity index (χ1v) is 5.98. The Hall–Kier alpha value is -0.130. The van der Waals surface area contributed by atoms with E-state index in [4.69, 9.17) is 9.29 Å². The minimum Gasteiger partial charge on any atom is -0.376 e. The molecule has 1 unspecified atom stereocenters. The third-order valence-electron chi connectivity index (χ3n) is 2.25. The molecule has 0 amide bonds. The zero-order valence-electron chi connectivity index (χ0n) is 7.99. The van der Waals surface area contributed by atoms with Crippen molar-refractivity contribution in [3.8, 4) is 0 Å². The van der Waals surface area contributed by atoms with Gasteiger partial charge in [0, 0.05) is 6.61 Å². The SMILES string of the molecule is CC1(C)CC(CS(=O)(=O)O)CCO1. The van der Waals surface area contributed by atoms with Gasteiger partial charge in [0.15, 0.2) is 0 Å². The monoisotopic (exact) mass is 208 g/mol. The van der Waals surface area contributed by atoms with E-state index in [1.54, 1.807) is 0 Å². The molecular formula is C8H16O4S. The van der Waals surface area contributed by atoms with Gasteiger partial charge in [0.25, 0.3) is 10.1 Å². The van der Waals surface area contributed by atoms with Crippen LogP contribution in [0.4, 0.5) is 0 Å². The van der Waals surface area contributed by atoms with Crippen LogP contribution in [-0.2, 0) is 14.9 Å². The van der Waals surface area contributed by atoms with E-state index in [0.29, 0.717) is 19.4 Å². The summed E-state index contributed by atoms with van der Waals surface area (Å²) >= 11 is 0. The molecule has 1 atom stereocenters. The van der Waals surface area contributed by atoms with E-state index in [1.807, 2.05) is 13.8 Å². The van der Waals surface area contributed by atoms with Crippen LogP contribution in [0.1, 0.15) is 26.7 Å². The molecule has 0 spiro atoms. The molecule has 1 N–H and O–H groups in total. The maximum atomic E-state index is 10.6. The van der Waals surface area contributed by atoms with Gasteiger partial charge in [-0.15, -0.1) is 0 Å². The first-order valence-electron chi connectivity index (χ1n) is 4.38. The molecule has 1 rings (SSSR count). The Morgan fingerprint density at radius 2 is 2.15 bits per heavy atom. The zero-order valence-corrected chi connectivity index (χ0v) is 8.80. The van der Waals surface area contributed by atoms with Gasteiger partial charge in [0.05, 0.1) is 11.4 Å². The molecule has 1 aliphatic rings. The number of hydrogen-bond acceptors (Lipinski definition) is 3. The van der Waals surface area contributed by atoms with Gasteiger partial charge in [-0.05, 0) is 32.6 Å². The van der Waals surface area contributed by atoms with Crippen LogP contribution in [0.3, 0.4) is 0 Å². The van der Waals surface area contributed by atoms with Gasteiger partial charge in [-0.2, -0.15) is 8.42 Å². The lowest BCUT2D eigenvalue weighted by molar-refractivity contribution is -0.0686. The third-order valence-corrected chi connectivity index (χ3v) is 3.14. The molecule has 0 bridgehead atoms. The first-order chi connectivity index (χ1) is 5.79. The second-order valence-electron chi connectivity index (χ2n) is 4.22. The molecule has 1 saturated heterocycles. The van der Waals surface area contributed by atoms with Gasteiger partial charge < -0.3 is 4.74 Å². The second-order valence-corrected chi connectivity index (χ2v) is 5.71. The highest BCUT2D eigenvalue weighted by Gasteiger charge is 2.30. The van der Waals surface area contributed by atoms with Crippen molar-refractivity contribution in [1.82, 2.24) is 0 Å². The second kappa shape index (κ2) is 3.55. The average molecular weight is 208 g/mol. The summed E-state index contributed by atoms with van der Waals surface area (Å²) in [5, 5.41) is 0. The highest BCUT2D eigenvalue weighted by molar-refractivity contribution is 7.85. The van der Waals surface area contributed by atoms with Crippen LogP contribution in [0.5, 0.6) is 0 Å². The third kappa shape index (κ3) is 4.06. The van der Waals surface area contributed by atoms with Crippen LogP contribution in [0, 0.1) is 5.92 Å². The summed E-state index contributed by atoms with van der Waals surface area (Å²) in [6.45, 7) is 4.44. The number of rotatable bonds is 2. The summed E-state index contributed by atoms with van der Waals surface area (Å²) in [6.07, 6.45) is 1.40. The van der Waals surface area contributed by atoms with Gasteiger partial charge >= 0.3 is 0 Å². The molecular weight excluding hydrogens is 192 g/mol. The molecule has 0 aromatic carbocycles. The first kappa shape index (κ1) is 10.9. The predicted molar refractivity (Wildman–Crippen MR) is 49.2 cm³/mol. The zero-order chi connectivity index (χ0) is 10.1. The highest BCUT2D eigenvalue weighted by atomic mass is 32.2. The molecule has 4 nitrogen and oxygen atoms in total. The molecule has 5 heteroatoms. The predicted octanol–water partition coefficient (Wildman–Crippen LogP) is 1.08. The number of ether oxygens (including phenoxy) is 1. The molecule has 0 saturated carbocycles. The van der Waals surface area contributed by atoms with Gasteiger partial charge in [0.2, 0.25) is 0 Å². The maximum absolute atomic E-state index is 10.6. The van der Waals surface area contributed by atoms with Crippen molar-refractivity contribution in [3.05, 3.63) is 0 Å². The Labute approximate surface area is 79.0 Å². The van der Waals surface area contributed by atoms with Gasteiger partial charge in [-0.3, -0.25) is 4.55 Å². The fourth-order valence-corrected chi connectivity index (χ4v) is 2.68. The average Bonchev–Trinajstić information content (AvgIpc) is 1.79. The van der Waals surface area contributed by atoms with Crippen molar-refractivity contribution in [3.63, 3.8) is 0 Å². The lowest BCUT2D eigenvalue weighted by Crippen LogP contribution is -2.36. The van der Waals surface area contributed by atoms with E-state index in [9.17, 15) is 8.42 Å². The van der Waals surface area contributed by atoms with Crippen molar-refractivity contribution >= 4 is 10.1 Å². The summed E-state index contributed by atoms with van der Waals surface area (Å²) in [6, 6.07) is 0. The van der Waals surface area contributed by atoms with Crippen LogP contribution in [-0.4, -0.2) is 30.9 Å². The van der Waals surface area contributed by atoms with Gasteiger partial charge in [-0.25, -0.2) is 0 Å². The van der Waals surface area contributed by atoms with E-state index in [-0.39, 0.29) is 17.3 Å². The standard InChI is InChI=1S/C8H16O4S/c1-8(2)5-7(3-4-12-8)6-13(9,10)11/h7H,3-6H2,1-2H3,(H,9,10,11). The van der Waals surface area contributed by atoms with Crippen LogP contribution in [0.15, 0.2) is 0 Å². The highest BCUT2D eigenvalue weighted by Crippen LogP contribution is 2.29. The van der Waals surface area contributed by atoms with E-state index < -0.39 is 10.1 Å². The molecule has 0 aromatic heterocycles. The molecule has 0 radical (unpaired) electrons. The fourth-order valence-electron chi connectivity index (χ4n) is 1.80. The molecule has 78 valence electrons. The normalized spacial score (nSPS) is 28.7. The topological polar surface area (TPSA) is 63.6 Å². The quantitative estimate of drug-likeness (QED) is 0.690. The summed E-state index contributed by atoms with van der Waals surface area (Å²) in [7, 11) is -3.83. The Kier molecular flexibility index (Phi) is 2.99. The van der Waals surface area contributed by atoms with Crippen molar-refractivity contribution in [2.24, 2.45) is 5.92 Å². The smallest absolute Gasteiger partial charge is 0.265 e. The van der Waals surface area contributed by atoms with Crippen molar-refractivity contribution < 1.29 is 17.7 Å². The van der Waals surface area contributed by atoms with E-state index in [0.717, 1.165) is 0 Å². The van der Waals surface area contributed by atoms with Crippen molar-refractivity contribution in [2.75, 3.05) is 12.4 Å². The summed E-state index contributed by atoms with van der Waals surface area (Å²) in [4.78, 5) is 0. The summed E-state index contributed by atoms with van der Waals surface area (Å²) in [5.41, 5.74) is -0.256. The lowest BCUT2D eigenvalue weighted by atomic mass is 9.90. The molecule has 1 fully saturated rings. The van der Waals surface area contributed by atoms with Crippen LogP contribution in [0.25, 0.3) is 0 Å². The fraction of sp³-hybridized carbons (Fsp3) is 1.00. The Morgan fingerprint density at radius 3 is 2.62 bits per heavy atom. The van der Waals surface area contributed by atoms with Gasteiger partial charge in [0.1, 0.15) is 0 Å². The lowest BCUT2D eigenvalue weighted by Gasteiger charge is -2.34. The molecule has 0 aromatic rings. The van der Waals surface area contributed by atoms with Crippen LogP contribution < -0.4 is 0 Å². The van der Waals surface area contributed by atoms with Crippen LogP contribution in [0.2, 0.25) is 0 Å². The molecule has 1 aliphatic heterocycles. The van der Waals surface area contributed by atoms with E-state index >= 15 is 0 Å². The summed E-state index contributed by atoms with van der Waals surface area (Å²) < 4.78 is 35.4. The minimum atomic E-state index is -3.83. The Morgan fingerprint density at radius 1 is 1.54 bits per heavy atom. The minimum absolute atomic E-state index is 0.0266. The molecule has 13 heavy (non-hydrogen) atoms. The largest absolute Gasteiger partial charge is 0.376 e. The van der Waals surface area contributed by atoms with E-state index in [1.165, 1.54) is 0 Å². The van der Waals surface area contributed by atoms with Crippen molar-refractivity contribution in [1.29, 1.82) is 0 Å². The Bertz CT molecular complexity index is 268. The van der Waals surface area contributed by atoms with Gasteiger partial charge in [-0.1, -0.05) is 0 Å². The molecule has 1 heterocycles. The van der Waals surface area contributed by atoms with Crippen molar-refractivity contribution in [2.45, 2.75) is 32.3 Å². The number of hydrogen-bond donors (Lipinski definition) is 1.